The number of rotatable bonds is 6. The molecule has 0 saturated carbocycles. The molecule has 154 valence electrons. The van der Waals surface area contributed by atoms with E-state index in [1.165, 1.54) is 0 Å². The molecule has 3 rings (SSSR count). The summed E-state index contributed by atoms with van der Waals surface area (Å²) < 4.78 is 16.0. The molecule has 29 heavy (non-hydrogen) atoms. The van der Waals surface area contributed by atoms with Crippen molar-refractivity contribution in [2.24, 2.45) is 0 Å². The zero-order valence-electron chi connectivity index (χ0n) is 16.9. The number of ether oxygens (including phenoxy) is 3. The van der Waals surface area contributed by atoms with E-state index in [1.807, 2.05) is 48.5 Å². The van der Waals surface area contributed by atoms with E-state index in [1.54, 1.807) is 20.8 Å². The van der Waals surface area contributed by atoms with Crippen LogP contribution in [0.15, 0.2) is 48.5 Å². The van der Waals surface area contributed by atoms with E-state index in [-0.39, 0.29) is 12.7 Å². The van der Waals surface area contributed by atoms with Gasteiger partial charge in [0.2, 0.25) is 12.7 Å². The summed E-state index contributed by atoms with van der Waals surface area (Å²) in [4.78, 5) is 25.0. The number of alkyl carbamates (subject to hydrolysis) is 1. The molecule has 1 atom stereocenters. The molecule has 7 heteroatoms. The van der Waals surface area contributed by atoms with E-state index in [4.69, 9.17) is 14.2 Å². The predicted molar refractivity (Wildman–Crippen MR) is 108 cm³/mol. The number of hydrogen-bond donors (Lipinski definition) is 2. The molecule has 0 aromatic heterocycles. The van der Waals surface area contributed by atoms with Gasteiger partial charge in [-0.15, -0.1) is 0 Å². The highest BCUT2D eigenvalue weighted by Crippen LogP contribution is 2.32. The second-order valence-corrected chi connectivity index (χ2v) is 7.79. The van der Waals surface area contributed by atoms with Crippen LogP contribution in [-0.2, 0) is 22.5 Å². The van der Waals surface area contributed by atoms with Gasteiger partial charge in [0.15, 0.2) is 11.5 Å². The largest absolute Gasteiger partial charge is 0.454 e. The number of carbonyl (C=O) groups is 2. The fraction of sp³-hybridized carbons (Fsp3) is 0.364. The van der Waals surface area contributed by atoms with Crippen molar-refractivity contribution in [3.63, 3.8) is 0 Å². The second-order valence-electron chi connectivity index (χ2n) is 7.79. The Kier molecular flexibility index (Phi) is 6.26. The quantitative estimate of drug-likeness (QED) is 0.781. The van der Waals surface area contributed by atoms with Crippen molar-refractivity contribution < 1.29 is 23.8 Å². The summed E-state index contributed by atoms with van der Waals surface area (Å²) in [5, 5.41) is 5.55. The summed E-state index contributed by atoms with van der Waals surface area (Å²) in [6, 6.07) is 14.3. The Morgan fingerprint density at radius 3 is 2.48 bits per heavy atom. The van der Waals surface area contributed by atoms with Crippen molar-refractivity contribution in [2.45, 2.75) is 45.4 Å². The highest BCUT2D eigenvalue weighted by atomic mass is 16.7. The average Bonchev–Trinajstić information content (AvgIpc) is 3.12. The smallest absolute Gasteiger partial charge is 0.408 e. The van der Waals surface area contributed by atoms with E-state index < -0.39 is 17.7 Å². The second kappa shape index (κ2) is 8.86. The Balaban J connectivity index is 1.65. The lowest BCUT2D eigenvalue weighted by molar-refractivity contribution is -0.123. The minimum atomic E-state index is -0.763. The Hall–Kier alpha value is -3.22. The third-order valence-electron chi connectivity index (χ3n) is 4.19. The summed E-state index contributed by atoms with van der Waals surface area (Å²) in [6.07, 6.45) is -0.274. The van der Waals surface area contributed by atoms with E-state index >= 15 is 0 Å². The molecule has 0 radical (unpaired) electrons. The van der Waals surface area contributed by atoms with Gasteiger partial charge in [-0.2, -0.15) is 0 Å². The highest BCUT2D eigenvalue weighted by Gasteiger charge is 2.25. The summed E-state index contributed by atoms with van der Waals surface area (Å²) in [5.74, 6) is 1.05. The fourth-order valence-corrected chi connectivity index (χ4v) is 2.87. The first-order valence-electron chi connectivity index (χ1n) is 9.50. The minimum absolute atomic E-state index is 0.199. The van der Waals surface area contributed by atoms with Crippen molar-refractivity contribution in [3.8, 4) is 11.5 Å². The lowest BCUT2D eigenvalue weighted by atomic mass is 10.1. The summed E-state index contributed by atoms with van der Waals surface area (Å²) >= 11 is 0. The highest BCUT2D eigenvalue weighted by molar-refractivity contribution is 5.86. The molecule has 2 amide bonds. The molecule has 1 aliphatic rings. The molecular formula is C22H26N2O5. The monoisotopic (exact) mass is 398 g/mol. The summed E-state index contributed by atoms with van der Waals surface area (Å²) in [6.45, 7) is 5.83. The van der Waals surface area contributed by atoms with Gasteiger partial charge in [-0.3, -0.25) is 4.79 Å². The molecule has 2 N–H and O–H groups in total. The third kappa shape index (κ3) is 6.14. The van der Waals surface area contributed by atoms with Crippen LogP contribution in [0, 0.1) is 0 Å². The van der Waals surface area contributed by atoms with Crippen LogP contribution in [0.1, 0.15) is 31.9 Å². The normalized spacial score (nSPS) is 13.5. The van der Waals surface area contributed by atoms with Crippen molar-refractivity contribution in [3.05, 3.63) is 59.7 Å². The van der Waals surface area contributed by atoms with Crippen molar-refractivity contribution in [1.82, 2.24) is 10.6 Å². The number of fused-ring (bicyclic) bond motifs is 1. The number of hydrogen-bond acceptors (Lipinski definition) is 5. The van der Waals surface area contributed by atoms with Gasteiger partial charge >= 0.3 is 6.09 Å². The lowest BCUT2D eigenvalue weighted by Gasteiger charge is -2.23. The first kappa shape index (κ1) is 20.5. The van der Waals surface area contributed by atoms with Gasteiger partial charge in [0.1, 0.15) is 11.6 Å². The van der Waals surface area contributed by atoms with E-state index in [2.05, 4.69) is 10.6 Å². The molecular weight excluding hydrogens is 372 g/mol. The Bertz CT molecular complexity index is 861. The molecule has 2 aromatic rings. The average molecular weight is 398 g/mol. The molecule has 0 fully saturated rings. The topological polar surface area (TPSA) is 85.9 Å². The lowest BCUT2D eigenvalue weighted by Crippen LogP contribution is -2.49. The first-order chi connectivity index (χ1) is 13.8. The number of nitrogens with one attached hydrogen (secondary N) is 2. The maximum absolute atomic E-state index is 12.8. The van der Waals surface area contributed by atoms with Crippen LogP contribution in [0.2, 0.25) is 0 Å². The van der Waals surface area contributed by atoms with Gasteiger partial charge in [-0.25, -0.2) is 4.79 Å². The number of carbonyl (C=O) groups excluding carboxylic acids is 2. The molecule has 0 aliphatic carbocycles. The van der Waals surface area contributed by atoms with Crippen LogP contribution < -0.4 is 20.1 Å². The van der Waals surface area contributed by atoms with E-state index in [0.29, 0.717) is 24.5 Å². The molecule has 2 aromatic carbocycles. The Labute approximate surface area is 170 Å². The fourth-order valence-electron chi connectivity index (χ4n) is 2.87. The maximum Gasteiger partial charge on any atom is 0.408 e. The predicted octanol–water partition coefficient (Wildman–Crippen LogP) is 3.17. The molecule has 1 aliphatic heterocycles. The van der Waals surface area contributed by atoms with Crippen molar-refractivity contribution >= 4 is 12.0 Å². The van der Waals surface area contributed by atoms with Crippen molar-refractivity contribution in [1.29, 1.82) is 0 Å². The van der Waals surface area contributed by atoms with Crippen LogP contribution in [0.5, 0.6) is 11.5 Å². The van der Waals surface area contributed by atoms with E-state index in [9.17, 15) is 9.59 Å². The van der Waals surface area contributed by atoms with Crippen LogP contribution in [0.4, 0.5) is 4.79 Å². The summed E-state index contributed by atoms with van der Waals surface area (Å²) in [7, 11) is 0. The van der Waals surface area contributed by atoms with Gasteiger partial charge in [0.25, 0.3) is 0 Å². The van der Waals surface area contributed by atoms with Gasteiger partial charge in [-0.1, -0.05) is 36.4 Å². The Morgan fingerprint density at radius 1 is 1.03 bits per heavy atom. The standard InChI is InChI=1S/C22H26N2O5/c1-22(2,3)29-21(26)24-17(11-15-7-5-4-6-8-15)20(25)23-13-16-9-10-18-19(12-16)28-14-27-18/h4-10,12,17H,11,13-14H2,1-3H3,(H,23,25)(H,24,26)/t17-/m0/s1. The zero-order chi connectivity index (χ0) is 20.9. The molecule has 7 nitrogen and oxygen atoms in total. The zero-order valence-corrected chi connectivity index (χ0v) is 16.9. The number of benzene rings is 2. The van der Waals surface area contributed by atoms with Crippen LogP contribution in [0.3, 0.4) is 0 Å². The molecule has 0 saturated heterocycles. The SMILES string of the molecule is CC(C)(C)OC(=O)N[C@@H](Cc1ccccc1)C(=O)NCc1ccc2c(c1)OCO2. The summed E-state index contributed by atoms with van der Waals surface area (Å²) in [5.41, 5.74) is 1.16. The van der Waals surface area contributed by atoms with Gasteiger partial charge in [0, 0.05) is 13.0 Å². The number of amides is 2. The Morgan fingerprint density at radius 2 is 1.76 bits per heavy atom. The van der Waals surface area contributed by atoms with Crippen LogP contribution in [0.25, 0.3) is 0 Å². The first-order valence-corrected chi connectivity index (χ1v) is 9.50. The van der Waals surface area contributed by atoms with Gasteiger partial charge in [0.05, 0.1) is 0 Å². The third-order valence-corrected chi connectivity index (χ3v) is 4.19. The molecule has 1 heterocycles. The maximum atomic E-state index is 12.8. The van der Waals surface area contributed by atoms with Gasteiger partial charge < -0.3 is 24.8 Å². The van der Waals surface area contributed by atoms with Gasteiger partial charge in [-0.05, 0) is 44.0 Å². The van der Waals surface area contributed by atoms with E-state index in [0.717, 1.165) is 11.1 Å². The molecule has 0 bridgehead atoms. The van der Waals surface area contributed by atoms with Crippen LogP contribution >= 0.6 is 0 Å². The minimum Gasteiger partial charge on any atom is -0.454 e. The molecule has 0 unspecified atom stereocenters. The van der Waals surface area contributed by atoms with Crippen LogP contribution in [-0.4, -0.2) is 30.4 Å². The molecule has 0 spiro atoms. The van der Waals surface area contributed by atoms with Crippen molar-refractivity contribution in [2.75, 3.05) is 6.79 Å².